The van der Waals surface area contributed by atoms with Gasteiger partial charge in [-0.05, 0) is 18.6 Å². The Hall–Kier alpha value is -1.71. The largest absolute Gasteiger partial charge is 0.494 e. The molecule has 1 aromatic rings. The summed E-state index contributed by atoms with van der Waals surface area (Å²) in [5.74, 6) is -2.44. The van der Waals surface area contributed by atoms with Crippen molar-refractivity contribution in [3.8, 4) is 5.75 Å². The second kappa shape index (κ2) is 4.21. The number of carbonyl (C=O) groups is 1. The molecule has 4 heteroatoms. The first kappa shape index (κ1) is 11.4. The van der Waals surface area contributed by atoms with Gasteiger partial charge in [0.1, 0.15) is 5.82 Å². The molecule has 0 atom stereocenters. The fourth-order valence-electron chi connectivity index (χ4n) is 1.09. The van der Waals surface area contributed by atoms with Crippen LogP contribution in [0.2, 0.25) is 0 Å². The third-order valence-corrected chi connectivity index (χ3v) is 1.87. The van der Waals surface area contributed by atoms with Crippen LogP contribution in [0.25, 0.3) is 0 Å². The van der Waals surface area contributed by atoms with E-state index in [0.29, 0.717) is 0 Å². The summed E-state index contributed by atoms with van der Waals surface area (Å²) in [4.78, 5) is 11.4. The molecule has 0 aromatic heterocycles. The number of halogens is 2. The highest BCUT2D eigenvalue weighted by atomic mass is 19.1. The molecule has 0 heterocycles. The number of ether oxygens (including phenoxy) is 1. The summed E-state index contributed by atoms with van der Waals surface area (Å²) in [5.41, 5.74) is -0.181. The van der Waals surface area contributed by atoms with Crippen molar-refractivity contribution in [3.63, 3.8) is 0 Å². The maximum Gasteiger partial charge on any atom is 0.191 e. The van der Waals surface area contributed by atoms with Gasteiger partial charge in [0.2, 0.25) is 0 Å². The standard InChI is InChI=1S/C11H10F2O2/c1-6(2)11(14)7-4-9(13)10(15-3)5-8(7)12/h4-5H,1H2,2-3H3. The van der Waals surface area contributed by atoms with Crippen molar-refractivity contribution in [1.29, 1.82) is 0 Å². The van der Waals surface area contributed by atoms with Crippen molar-refractivity contribution < 1.29 is 18.3 Å². The molecule has 80 valence electrons. The quantitative estimate of drug-likeness (QED) is 0.568. The Morgan fingerprint density at radius 2 is 1.93 bits per heavy atom. The Morgan fingerprint density at radius 3 is 2.40 bits per heavy atom. The van der Waals surface area contributed by atoms with Crippen molar-refractivity contribution >= 4 is 5.78 Å². The molecule has 1 aromatic carbocycles. The van der Waals surface area contributed by atoms with Crippen LogP contribution in [0.5, 0.6) is 5.75 Å². The van der Waals surface area contributed by atoms with Crippen LogP contribution >= 0.6 is 0 Å². The van der Waals surface area contributed by atoms with Crippen LogP contribution in [0, 0.1) is 11.6 Å². The van der Waals surface area contributed by atoms with Gasteiger partial charge in [-0.2, -0.15) is 0 Å². The topological polar surface area (TPSA) is 26.3 Å². The maximum atomic E-state index is 13.3. The molecule has 0 spiro atoms. The van der Waals surface area contributed by atoms with E-state index in [1.807, 2.05) is 0 Å². The molecule has 0 fully saturated rings. The van der Waals surface area contributed by atoms with Gasteiger partial charge in [-0.25, -0.2) is 8.78 Å². The lowest BCUT2D eigenvalue weighted by Crippen LogP contribution is -2.04. The number of hydrogen-bond acceptors (Lipinski definition) is 2. The van der Waals surface area contributed by atoms with Gasteiger partial charge in [-0.3, -0.25) is 4.79 Å². The normalized spacial score (nSPS) is 9.87. The fraction of sp³-hybridized carbons (Fsp3) is 0.182. The van der Waals surface area contributed by atoms with Crippen LogP contribution < -0.4 is 4.74 Å². The zero-order valence-corrected chi connectivity index (χ0v) is 8.43. The SMILES string of the molecule is C=C(C)C(=O)c1cc(F)c(OC)cc1F. The van der Waals surface area contributed by atoms with E-state index in [1.165, 1.54) is 14.0 Å². The Bertz CT molecular complexity index is 425. The van der Waals surface area contributed by atoms with Gasteiger partial charge >= 0.3 is 0 Å². The first-order valence-corrected chi connectivity index (χ1v) is 4.20. The van der Waals surface area contributed by atoms with Crippen LogP contribution in [-0.4, -0.2) is 12.9 Å². The Kier molecular flexibility index (Phi) is 3.19. The number of benzene rings is 1. The average Bonchev–Trinajstić information content (AvgIpc) is 2.19. The first-order chi connectivity index (χ1) is 6.97. The highest BCUT2D eigenvalue weighted by Gasteiger charge is 2.16. The third kappa shape index (κ3) is 2.21. The number of Topliss-reactive ketones (excluding diaryl/α,β-unsaturated/α-hetero) is 1. The molecule has 0 radical (unpaired) electrons. The minimum Gasteiger partial charge on any atom is -0.494 e. The molecule has 0 amide bonds. The van der Waals surface area contributed by atoms with Crippen molar-refractivity contribution in [1.82, 2.24) is 0 Å². The van der Waals surface area contributed by atoms with Crippen LogP contribution in [-0.2, 0) is 0 Å². The smallest absolute Gasteiger partial charge is 0.191 e. The van der Waals surface area contributed by atoms with Gasteiger partial charge in [0.05, 0.1) is 12.7 Å². The zero-order chi connectivity index (χ0) is 11.6. The summed E-state index contributed by atoms with van der Waals surface area (Å²) in [7, 11) is 1.22. The van der Waals surface area contributed by atoms with Crippen molar-refractivity contribution in [2.75, 3.05) is 7.11 Å². The van der Waals surface area contributed by atoms with Crippen molar-refractivity contribution in [2.24, 2.45) is 0 Å². The number of allylic oxidation sites excluding steroid dienone is 1. The molecule has 0 unspecified atom stereocenters. The van der Waals surface area contributed by atoms with Crippen molar-refractivity contribution in [2.45, 2.75) is 6.92 Å². The molecule has 0 N–H and O–H groups in total. The maximum absolute atomic E-state index is 13.3. The minimum atomic E-state index is -0.818. The number of ketones is 1. The minimum absolute atomic E-state index is 0.151. The number of carbonyl (C=O) groups excluding carboxylic acids is 1. The van der Waals surface area contributed by atoms with Crippen LogP contribution in [0.15, 0.2) is 24.3 Å². The van der Waals surface area contributed by atoms with Gasteiger partial charge in [0.25, 0.3) is 0 Å². The first-order valence-electron chi connectivity index (χ1n) is 4.20. The van der Waals surface area contributed by atoms with Crippen LogP contribution in [0.3, 0.4) is 0 Å². The van der Waals surface area contributed by atoms with E-state index in [1.54, 1.807) is 0 Å². The number of hydrogen-bond donors (Lipinski definition) is 0. The van der Waals surface area contributed by atoms with E-state index in [4.69, 9.17) is 0 Å². The fourth-order valence-corrected chi connectivity index (χ4v) is 1.09. The zero-order valence-electron chi connectivity index (χ0n) is 8.43. The molecule has 0 bridgehead atoms. The highest BCUT2D eigenvalue weighted by Crippen LogP contribution is 2.22. The van der Waals surface area contributed by atoms with Gasteiger partial charge in [0, 0.05) is 6.07 Å². The summed E-state index contributed by atoms with van der Waals surface area (Å²) in [6, 6.07) is 1.65. The monoisotopic (exact) mass is 212 g/mol. The highest BCUT2D eigenvalue weighted by molar-refractivity contribution is 6.08. The summed E-state index contributed by atoms with van der Waals surface area (Å²) in [5, 5.41) is 0. The second-order valence-electron chi connectivity index (χ2n) is 3.08. The summed E-state index contributed by atoms with van der Waals surface area (Å²) in [6.45, 7) is 4.81. The van der Waals surface area contributed by atoms with E-state index < -0.39 is 17.4 Å². The van der Waals surface area contributed by atoms with Crippen LogP contribution in [0.1, 0.15) is 17.3 Å². The third-order valence-electron chi connectivity index (χ3n) is 1.87. The second-order valence-corrected chi connectivity index (χ2v) is 3.08. The molecule has 15 heavy (non-hydrogen) atoms. The van der Waals surface area contributed by atoms with Gasteiger partial charge in [-0.15, -0.1) is 0 Å². The molecule has 0 saturated heterocycles. The lowest BCUT2D eigenvalue weighted by molar-refractivity contribution is 0.103. The number of methoxy groups -OCH3 is 1. The Balaban J connectivity index is 3.28. The van der Waals surface area contributed by atoms with Crippen molar-refractivity contribution in [3.05, 3.63) is 41.5 Å². The van der Waals surface area contributed by atoms with Gasteiger partial charge in [0.15, 0.2) is 17.3 Å². The predicted octanol–water partition coefficient (Wildman–Crippen LogP) is 2.73. The summed E-state index contributed by atoms with van der Waals surface area (Å²) < 4.78 is 31.1. The molecule has 2 nitrogen and oxygen atoms in total. The van der Waals surface area contributed by atoms with E-state index >= 15 is 0 Å². The van der Waals surface area contributed by atoms with E-state index in [0.717, 1.165) is 12.1 Å². The van der Waals surface area contributed by atoms with E-state index in [2.05, 4.69) is 11.3 Å². The van der Waals surface area contributed by atoms with E-state index in [-0.39, 0.29) is 16.9 Å². The molecule has 0 aliphatic heterocycles. The van der Waals surface area contributed by atoms with E-state index in [9.17, 15) is 13.6 Å². The Labute approximate surface area is 86.2 Å². The summed E-state index contributed by atoms with van der Waals surface area (Å²) >= 11 is 0. The number of rotatable bonds is 3. The molecular weight excluding hydrogens is 202 g/mol. The molecule has 0 aliphatic carbocycles. The molecule has 0 aliphatic rings. The average molecular weight is 212 g/mol. The molecule has 0 saturated carbocycles. The lowest BCUT2D eigenvalue weighted by atomic mass is 10.1. The Morgan fingerprint density at radius 1 is 1.33 bits per heavy atom. The van der Waals surface area contributed by atoms with Crippen LogP contribution in [0.4, 0.5) is 8.78 Å². The lowest BCUT2D eigenvalue weighted by Gasteiger charge is -2.06. The van der Waals surface area contributed by atoms with Gasteiger partial charge in [-0.1, -0.05) is 6.58 Å². The predicted molar refractivity (Wildman–Crippen MR) is 52.1 cm³/mol. The molecular formula is C11H10F2O2. The summed E-state index contributed by atoms with van der Waals surface area (Å²) in [6.07, 6.45) is 0. The van der Waals surface area contributed by atoms with Gasteiger partial charge < -0.3 is 4.74 Å². The molecule has 1 rings (SSSR count).